The van der Waals surface area contributed by atoms with Gasteiger partial charge in [0, 0.05) is 4.90 Å². The largest absolute Gasteiger partial charge is 0.462 e. The highest BCUT2D eigenvalue weighted by Crippen LogP contribution is 2.35. The number of carbonyl (C=O) groups is 2. The molecule has 1 aliphatic heterocycles. The van der Waals surface area contributed by atoms with Crippen LogP contribution >= 0.6 is 35.0 Å². The average molecular weight is 395 g/mol. The van der Waals surface area contributed by atoms with Gasteiger partial charge in [0.05, 0.1) is 0 Å². The Hall–Kier alpha value is -0.990. The van der Waals surface area contributed by atoms with Crippen LogP contribution in [-0.4, -0.2) is 59.2 Å². The molecule has 24 heavy (non-hydrogen) atoms. The van der Waals surface area contributed by atoms with Crippen molar-refractivity contribution in [3.8, 4) is 0 Å². The second kappa shape index (κ2) is 9.48. The number of benzene rings is 1. The first-order chi connectivity index (χ1) is 11.5. The predicted molar refractivity (Wildman–Crippen MR) is 89.2 cm³/mol. The molecule has 9 heteroatoms. The van der Waals surface area contributed by atoms with Crippen LogP contribution < -0.4 is 0 Å². The van der Waals surface area contributed by atoms with Crippen molar-refractivity contribution in [1.29, 1.82) is 0 Å². The zero-order valence-electron chi connectivity index (χ0n) is 12.5. The first-order valence-corrected chi connectivity index (χ1v) is 9.02. The highest BCUT2D eigenvalue weighted by molar-refractivity contribution is 7.99. The number of thioether (sulfide) groups is 1. The molecule has 1 fully saturated rings. The van der Waals surface area contributed by atoms with E-state index in [9.17, 15) is 14.7 Å². The molecule has 0 radical (unpaired) electrons. The van der Waals surface area contributed by atoms with E-state index >= 15 is 0 Å². The number of aliphatic hydroxyl groups excluding tert-OH is 1. The third-order valence-corrected chi connectivity index (χ3v) is 4.78. The van der Waals surface area contributed by atoms with E-state index in [1.807, 2.05) is 30.3 Å². The molecule has 1 heterocycles. The van der Waals surface area contributed by atoms with Crippen LogP contribution in [0.4, 0.5) is 0 Å². The molecule has 0 unspecified atom stereocenters. The summed E-state index contributed by atoms with van der Waals surface area (Å²) in [6.45, 7) is -0.186. The van der Waals surface area contributed by atoms with Gasteiger partial charge >= 0.3 is 11.9 Å². The molecule has 0 aromatic heterocycles. The summed E-state index contributed by atoms with van der Waals surface area (Å²) >= 11 is 12.1. The highest BCUT2D eigenvalue weighted by atomic mass is 35.5. The van der Waals surface area contributed by atoms with Gasteiger partial charge in [0.25, 0.3) is 0 Å². The molecular formula is C15H16Cl2O6S. The van der Waals surface area contributed by atoms with E-state index in [1.54, 1.807) is 0 Å². The number of rotatable bonds is 7. The second-order valence-corrected chi connectivity index (χ2v) is 6.58. The first-order valence-electron chi connectivity index (χ1n) is 7.07. The molecule has 0 bridgehead atoms. The third kappa shape index (κ3) is 5.26. The van der Waals surface area contributed by atoms with Crippen molar-refractivity contribution in [1.82, 2.24) is 0 Å². The molecule has 1 aromatic carbocycles. The molecule has 1 N–H and O–H groups in total. The van der Waals surface area contributed by atoms with Gasteiger partial charge in [0.2, 0.25) is 0 Å². The second-order valence-electron chi connectivity index (χ2n) is 4.87. The standard InChI is InChI=1S/C15H16Cl2O6S/c16-6-11(18)21-8-10-14(23-12(19)7-17)13(20)15(22-10)24-9-4-2-1-3-5-9/h1-5,10,13-15,20H,6-8H2/t10-,13+,14-,15-/m1/s1. The summed E-state index contributed by atoms with van der Waals surface area (Å²) in [5.74, 6) is -1.97. The molecule has 0 aliphatic carbocycles. The Balaban J connectivity index is 2.05. The smallest absolute Gasteiger partial charge is 0.321 e. The van der Waals surface area contributed by atoms with Crippen molar-refractivity contribution in [3.63, 3.8) is 0 Å². The SMILES string of the molecule is O=C(CCl)OC[C@H]1O[C@H](Sc2ccccc2)[C@@H](O)[C@@H]1OC(=O)CCl. The topological polar surface area (TPSA) is 82.1 Å². The summed E-state index contributed by atoms with van der Waals surface area (Å²) < 4.78 is 15.8. The maximum Gasteiger partial charge on any atom is 0.321 e. The van der Waals surface area contributed by atoms with Gasteiger partial charge < -0.3 is 19.3 Å². The Kier molecular flexibility index (Phi) is 7.64. The minimum Gasteiger partial charge on any atom is -0.462 e. The summed E-state index contributed by atoms with van der Waals surface area (Å²) in [7, 11) is 0. The van der Waals surface area contributed by atoms with Gasteiger partial charge in [0.15, 0.2) is 6.10 Å². The lowest BCUT2D eigenvalue weighted by atomic mass is 10.1. The minimum absolute atomic E-state index is 0.186. The van der Waals surface area contributed by atoms with Crippen LogP contribution in [0.15, 0.2) is 35.2 Å². The number of hydrogen-bond donors (Lipinski definition) is 1. The zero-order valence-corrected chi connectivity index (χ0v) is 14.8. The zero-order chi connectivity index (χ0) is 17.5. The Bertz CT molecular complexity index is 558. The molecule has 132 valence electrons. The number of halogens is 2. The van der Waals surface area contributed by atoms with Crippen molar-refractivity contribution in [2.24, 2.45) is 0 Å². The van der Waals surface area contributed by atoms with Crippen molar-refractivity contribution in [3.05, 3.63) is 30.3 Å². The van der Waals surface area contributed by atoms with Gasteiger partial charge in [0.1, 0.15) is 36.0 Å². The molecule has 4 atom stereocenters. The van der Waals surface area contributed by atoms with E-state index in [0.29, 0.717) is 0 Å². The monoisotopic (exact) mass is 394 g/mol. The van der Waals surface area contributed by atoms with Gasteiger partial charge in [-0.25, -0.2) is 0 Å². The van der Waals surface area contributed by atoms with Crippen molar-refractivity contribution in [2.45, 2.75) is 28.6 Å². The predicted octanol–water partition coefficient (Wildman–Crippen LogP) is 1.80. The normalized spacial score (nSPS) is 26.1. The van der Waals surface area contributed by atoms with Gasteiger partial charge in [-0.3, -0.25) is 9.59 Å². The van der Waals surface area contributed by atoms with E-state index in [0.717, 1.165) is 4.90 Å². The first kappa shape index (κ1) is 19.3. The maximum absolute atomic E-state index is 11.5. The number of carbonyl (C=O) groups excluding carboxylic acids is 2. The van der Waals surface area contributed by atoms with E-state index in [4.69, 9.17) is 37.4 Å². The van der Waals surface area contributed by atoms with Crippen LogP contribution in [0.1, 0.15) is 0 Å². The van der Waals surface area contributed by atoms with E-state index in [1.165, 1.54) is 11.8 Å². The Morgan fingerprint density at radius 3 is 2.46 bits per heavy atom. The number of aliphatic hydroxyl groups is 1. The Morgan fingerprint density at radius 2 is 1.83 bits per heavy atom. The maximum atomic E-state index is 11.5. The molecule has 2 rings (SSSR count). The molecule has 1 saturated heterocycles. The van der Waals surface area contributed by atoms with Gasteiger partial charge in [-0.15, -0.1) is 23.2 Å². The Labute approximate surface area is 153 Å². The minimum atomic E-state index is -1.10. The van der Waals surface area contributed by atoms with Crippen LogP contribution in [0.25, 0.3) is 0 Å². The van der Waals surface area contributed by atoms with Crippen LogP contribution in [-0.2, 0) is 23.8 Å². The summed E-state index contributed by atoms with van der Waals surface area (Å²) in [6, 6.07) is 9.31. The molecule has 1 aromatic rings. The summed E-state index contributed by atoms with van der Waals surface area (Å²) in [6.07, 6.45) is -2.89. The van der Waals surface area contributed by atoms with Crippen LogP contribution in [0.2, 0.25) is 0 Å². The van der Waals surface area contributed by atoms with E-state index in [2.05, 4.69) is 0 Å². The summed E-state index contributed by atoms with van der Waals surface area (Å²) in [4.78, 5) is 23.5. The fourth-order valence-corrected chi connectivity index (χ4v) is 3.33. The number of hydrogen-bond acceptors (Lipinski definition) is 7. The van der Waals surface area contributed by atoms with Crippen LogP contribution in [0.5, 0.6) is 0 Å². The number of esters is 2. The van der Waals surface area contributed by atoms with Crippen molar-refractivity contribution in [2.75, 3.05) is 18.4 Å². The average Bonchev–Trinajstić information content (AvgIpc) is 2.89. The summed E-state index contributed by atoms with van der Waals surface area (Å²) in [5.41, 5.74) is -0.680. The van der Waals surface area contributed by atoms with Gasteiger partial charge in [-0.1, -0.05) is 30.0 Å². The molecule has 1 aliphatic rings. The quantitative estimate of drug-likeness (QED) is 0.557. The highest BCUT2D eigenvalue weighted by Gasteiger charge is 2.47. The number of alkyl halides is 2. The fraction of sp³-hybridized carbons (Fsp3) is 0.467. The lowest BCUT2D eigenvalue weighted by molar-refractivity contribution is -0.156. The fourth-order valence-electron chi connectivity index (χ4n) is 2.11. The molecule has 6 nitrogen and oxygen atoms in total. The molecular weight excluding hydrogens is 379 g/mol. The Morgan fingerprint density at radius 1 is 1.17 bits per heavy atom. The molecule has 0 amide bonds. The van der Waals surface area contributed by atoms with Crippen molar-refractivity contribution >= 4 is 46.9 Å². The van der Waals surface area contributed by atoms with Crippen LogP contribution in [0.3, 0.4) is 0 Å². The third-order valence-electron chi connectivity index (χ3n) is 3.18. The summed E-state index contributed by atoms with van der Waals surface area (Å²) in [5, 5.41) is 10.4. The van der Waals surface area contributed by atoms with E-state index in [-0.39, 0.29) is 18.4 Å². The lowest BCUT2D eigenvalue weighted by Crippen LogP contribution is -2.39. The molecule has 0 spiro atoms. The molecule has 0 saturated carbocycles. The van der Waals surface area contributed by atoms with Gasteiger partial charge in [-0.05, 0) is 12.1 Å². The lowest BCUT2D eigenvalue weighted by Gasteiger charge is -2.20. The van der Waals surface area contributed by atoms with Crippen LogP contribution in [0, 0.1) is 0 Å². The van der Waals surface area contributed by atoms with Gasteiger partial charge in [-0.2, -0.15) is 0 Å². The van der Waals surface area contributed by atoms with E-state index < -0.39 is 35.7 Å². The van der Waals surface area contributed by atoms with Crippen molar-refractivity contribution < 1.29 is 28.9 Å². The number of ether oxygens (including phenoxy) is 3.